The molecule has 3 aromatic rings. The summed E-state index contributed by atoms with van der Waals surface area (Å²) in [6.45, 7) is 1.78. The number of aromatic nitrogens is 5. The van der Waals surface area contributed by atoms with Gasteiger partial charge in [-0.15, -0.1) is 0 Å². The van der Waals surface area contributed by atoms with Crippen LogP contribution in [0, 0.1) is 0 Å². The Morgan fingerprint density at radius 1 is 1.28 bits per heavy atom. The van der Waals surface area contributed by atoms with E-state index < -0.39 is 0 Å². The molecule has 25 heavy (non-hydrogen) atoms. The largest absolute Gasteiger partial charge is 0.351 e. The molecule has 128 valence electrons. The van der Waals surface area contributed by atoms with Crippen molar-refractivity contribution in [3.63, 3.8) is 0 Å². The highest BCUT2D eigenvalue weighted by atomic mass is 16.5. The fourth-order valence-corrected chi connectivity index (χ4v) is 2.94. The van der Waals surface area contributed by atoms with Crippen LogP contribution in [0.2, 0.25) is 0 Å². The van der Waals surface area contributed by atoms with E-state index >= 15 is 0 Å². The summed E-state index contributed by atoms with van der Waals surface area (Å²) in [5.41, 5.74) is 0.539. The number of hydrogen-bond donors (Lipinski definition) is 0. The standard InChI is InChI=1S/C16H16N6O3/c23-15-8-12(9-20-7-4-17-11-20)19-14-10-21(5-1-6-22(14)15)16(24)13-2-3-18-25-13/h2-4,7-8,11H,1,5-6,9-10H2. The maximum Gasteiger partial charge on any atom is 0.292 e. The van der Waals surface area contributed by atoms with Crippen LogP contribution in [-0.2, 0) is 19.6 Å². The fraction of sp³-hybridized carbons (Fsp3) is 0.312. The first-order valence-corrected chi connectivity index (χ1v) is 7.96. The van der Waals surface area contributed by atoms with Crippen molar-refractivity contribution in [1.82, 2.24) is 29.2 Å². The Hall–Kier alpha value is -3.23. The van der Waals surface area contributed by atoms with E-state index in [1.165, 1.54) is 18.3 Å². The first kappa shape index (κ1) is 15.3. The molecule has 9 heteroatoms. The maximum atomic E-state index is 12.5. The van der Waals surface area contributed by atoms with Crippen molar-refractivity contribution < 1.29 is 9.32 Å². The van der Waals surface area contributed by atoms with Crippen LogP contribution in [0.5, 0.6) is 0 Å². The lowest BCUT2D eigenvalue weighted by Crippen LogP contribution is -2.32. The van der Waals surface area contributed by atoms with Crippen molar-refractivity contribution in [1.29, 1.82) is 0 Å². The first-order valence-electron chi connectivity index (χ1n) is 7.96. The van der Waals surface area contributed by atoms with E-state index in [0.29, 0.717) is 37.6 Å². The van der Waals surface area contributed by atoms with Gasteiger partial charge in [0.05, 0.1) is 31.3 Å². The highest BCUT2D eigenvalue weighted by Gasteiger charge is 2.24. The molecule has 0 N–H and O–H groups in total. The van der Waals surface area contributed by atoms with Gasteiger partial charge < -0.3 is 14.0 Å². The average Bonchev–Trinajstić information content (AvgIpc) is 3.25. The molecule has 0 unspecified atom stereocenters. The Kier molecular flexibility index (Phi) is 3.88. The molecule has 0 saturated heterocycles. The number of amides is 1. The quantitative estimate of drug-likeness (QED) is 0.689. The molecule has 0 bridgehead atoms. The van der Waals surface area contributed by atoms with Crippen LogP contribution < -0.4 is 5.56 Å². The molecule has 0 aliphatic carbocycles. The number of hydrogen-bond acceptors (Lipinski definition) is 6. The molecule has 3 aromatic heterocycles. The third-order valence-electron chi connectivity index (χ3n) is 4.12. The molecular formula is C16H16N6O3. The van der Waals surface area contributed by atoms with Gasteiger partial charge in [-0.2, -0.15) is 0 Å². The molecule has 0 atom stereocenters. The SMILES string of the molecule is O=C(c1ccno1)N1CCCn2c(nc(Cn3ccnc3)cc2=O)C1. The summed E-state index contributed by atoms with van der Waals surface area (Å²) < 4.78 is 8.42. The van der Waals surface area contributed by atoms with Gasteiger partial charge in [-0.25, -0.2) is 9.97 Å². The molecule has 1 amide bonds. The van der Waals surface area contributed by atoms with Gasteiger partial charge in [-0.05, 0) is 6.42 Å². The molecule has 9 nitrogen and oxygen atoms in total. The van der Waals surface area contributed by atoms with Crippen molar-refractivity contribution in [2.45, 2.75) is 26.1 Å². The monoisotopic (exact) mass is 340 g/mol. The van der Waals surface area contributed by atoms with E-state index in [-0.39, 0.29) is 23.8 Å². The van der Waals surface area contributed by atoms with Crippen LogP contribution >= 0.6 is 0 Å². The van der Waals surface area contributed by atoms with Gasteiger partial charge in [0.15, 0.2) is 0 Å². The van der Waals surface area contributed by atoms with Crippen LogP contribution in [0.1, 0.15) is 28.5 Å². The molecule has 4 heterocycles. The van der Waals surface area contributed by atoms with E-state index in [9.17, 15) is 9.59 Å². The molecule has 1 aliphatic rings. The van der Waals surface area contributed by atoms with Crippen molar-refractivity contribution in [3.8, 4) is 0 Å². The zero-order chi connectivity index (χ0) is 17.2. The van der Waals surface area contributed by atoms with E-state index in [1.807, 2.05) is 10.8 Å². The molecule has 1 aliphatic heterocycles. The van der Waals surface area contributed by atoms with Crippen LogP contribution in [0.15, 0.2) is 46.4 Å². The number of rotatable bonds is 3. The second-order valence-electron chi connectivity index (χ2n) is 5.85. The summed E-state index contributed by atoms with van der Waals surface area (Å²) in [6, 6.07) is 3.07. The molecule has 0 aromatic carbocycles. The van der Waals surface area contributed by atoms with Crippen LogP contribution in [0.3, 0.4) is 0 Å². The molecular weight excluding hydrogens is 324 g/mol. The van der Waals surface area contributed by atoms with E-state index in [4.69, 9.17) is 4.52 Å². The smallest absolute Gasteiger partial charge is 0.292 e. The Bertz CT molecular complexity index is 929. The number of fused-ring (bicyclic) bond motifs is 1. The van der Waals surface area contributed by atoms with Gasteiger partial charge in [0.2, 0.25) is 5.76 Å². The summed E-state index contributed by atoms with van der Waals surface area (Å²) in [5, 5.41) is 3.57. The van der Waals surface area contributed by atoms with Crippen LogP contribution in [-0.4, -0.2) is 41.6 Å². The predicted octanol–water partition coefficient (Wildman–Crippen LogP) is 0.522. The minimum atomic E-state index is -0.250. The highest BCUT2D eigenvalue weighted by molar-refractivity contribution is 5.91. The molecule has 0 saturated carbocycles. The Labute approximate surface area is 142 Å². The highest BCUT2D eigenvalue weighted by Crippen LogP contribution is 2.13. The van der Waals surface area contributed by atoms with Gasteiger partial charge in [0.1, 0.15) is 5.82 Å². The van der Waals surface area contributed by atoms with Crippen LogP contribution in [0.4, 0.5) is 0 Å². The second-order valence-corrected chi connectivity index (χ2v) is 5.85. The number of imidazole rings is 1. The first-order chi connectivity index (χ1) is 12.2. The van der Waals surface area contributed by atoms with Gasteiger partial charge in [-0.1, -0.05) is 5.16 Å². The zero-order valence-electron chi connectivity index (χ0n) is 13.4. The Balaban J connectivity index is 1.64. The summed E-state index contributed by atoms with van der Waals surface area (Å²) in [7, 11) is 0. The predicted molar refractivity (Wildman–Crippen MR) is 85.7 cm³/mol. The third kappa shape index (κ3) is 3.08. The average molecular weight is 340 g/mol. The lowest BCUT2D eigenvalue weighted by molar-refractivity contribution is 0.0701. The summed E-state index contributed by atoms with van der Waals surface area (Å²) in [6.07, 6.45) is 7.27. The maximum absolute atomic E-state index is 12.5. The normalized spacial score (nSPS) is 14.2. The Morgan fingerprint density at radius 2 is 2.20 bits per heavy atom. The zero-order valence-corrected chi connectivity index (χ0v) is 13.4. The molecule has 4 rings (SSSR count). The van der Waals surface area contributed by atoms with Crippen molar-refractivity contribution >= 4 is 5.91 Å². The minimum absolute atomic E-state index is 0.103. The topological polar surface area (TPSA) is 99.1 Å². The fourth-order valence-electron chi connectivity index (χ4n) is 2.94. The lowest BCUT2D eigenvalue weighted by Gasteiger charge is -2.18. The van der Waals surface area contributed by atoms with Gasteiger partial charge in [0, 0.05) is 37.6 Å². The van der Waals surface area contributed by atoms with Crippen molar-refractivity contribution in [2.75, 3.05) is 6.54 Å². The number of carbonyl (C=O) groups excluding carboxylic acids is 1. The summed E-state index contributed by atoms with van der Waals surface area (Å²) in [5.74, 6) is 0.513. The van der Waals surface area contributed by atoms with E-state index in [0.717, 1.165) is 0 Å². The number of carbonyl (C=O) groups is 1. The van der Waals surface area contributed by atoms with Gasteiger partial charge in [-0.3, -0.25) is 14.2 Å². The molecule has 0 spiro atoms. The summed E-state index contributed by atoms with van der Waals surface area (Å²) >= 11 is 0. The van der Waals surface area contributed by atoms with Crippen LogP contribution in [0.25, 0.3) is 0 Å². The number of nitrogens with zero attached hydrogens (tertiary/aromatic N) is 6. The van der Waals surface area contributed by atoms with E-state index in [1.54, 1.807) is 22.0 Å². The van der Waals surface area contributed by atoms with Gasteiger partial charge in [0.25, 0.3) is 11.5 Å². The second kappa shape index (κ2) is 6.34. The Morgan fingerprint density at radius 3 is 2.96 bits per heavy atom. The minimum Gasteiger partial charge on any atom is -0.351 e. The molecule has 0 radical (unpaired) electrons. The molecule has 0 fully saturated rings. The van der Waals surface area contributed by atoms with Gasteiger partial charge >= 0.3 is 0 Å². The summed E-state index contributed by atoms with van der Waals surface area (Å²) in [4.78, 5) is 35.2. The lowest BCUT2D eigenvalue weighted by atomic mass is 10.3. The van der Waals surface area contributed by atoms with Crippen molar-refractivity contribution in [2.24, 2.45) is 0 Å². The third-order valence-corrected chi connectivity index (χ3v) is 4.12. The van der Waals surface area contributed by atoms with Crippen molar-refractivity contribution in [3.05, 3.63) is 64.7 Å². The van der Waals surface area contributed by atoms with E-state index in [2.05, 4.69) is 15.1 Å².